The fraction of sp³-hybridized carbons (Fsp3) is 0.529. The Morgan fingerprint density at radius 2 is 1.95 bits per heavy atom. The van der Waals surface area contributed by atoms with Gasteiger partial charge < -0.3 is 5.32 Å². The third-order valence-electron chi connectivity index (χ3n) is 4.09. The first kappa shape index (κ1) is 14.1. The monoisotopic (exact) mass is 285 g/mol. The molecule has 1 unspecified atom stereocenters. The summed E-state index contributed by atoms with van der Waals surface area (Å²) in [5, 5.41) is 6.12. The highest BCUT2D eigenvalue weighted by Gasteiger charge is 2.42. The molecule has 4 heteroatoms. The van der Waals surface area contributed by atoms with Crippen molar-refractivity contribution in [2.24, 2.45) is 10.9 Å². The Kier molecular flexibility index (Phi) is 3.47. The van der Waals surface area contributed by atoms with Crippen LogP contribution in [0, 0.1) is 5.92 Å². The van der Waals surface area contributed by atoms with Gasteiger partial charge in [-0.25, -0.2) is 4.99 Å². The number of rotatable bonds is 4. The number of benzene rings is 1. The average Bonchev–Trinajstić information content (AvgIpc) is 3.17. The third-order valence-corrected chi connectivity index (χ3v) is 4.09. The normalized spacial score (nSPS) is 27.0. The highest BCUT2D eigenvalue weighted by Crippen LogP contribution is 2.27. The van der Waals surface area contributed by atoms with E-state index in [1.54, 1.807) is 0 Å². The van der Waals surface area contributed by atoms with Gasteiger partial charge in [0.1, 0.15) is 5.54 Å². The number of amides is 1. The van der Waals surface area contributed by atoms with Gasteiger partial charge in [-0.15, -0.1) is 0 Å². The molecule has 1 saturated heterocycles. The van der Waals surface area contributed by atoms with Gasteiger partial charge in [0.05, 0.1) is 6.04 Å². The van der Waals surface area contributed by atoms with E-state index in [0.29, 0.717) is 17.9 Å². The summed E-state index contributed by atoms with van der Waals surface area (Å²) in [4.78, 5) is 16.8. The van der Waals surface area contributed by atoms with E-state index >= 15 is 0 Å². The van der Waals surface area contributed by atoms with Crippen LogP contribution >= 0.6 is 0 Å². The summed E-state index contributed by atoms with van der Waals surface area (Å²) in [7, 11) is 0. The van der Waals surface area contributed by atoms with Crippen molar-refractivity contribution in [3.8, 4) is 0 Å². The SMILES string of the molecule is CC(C)Cc1ccc(C2(C)NC(=NC3CC3)NC2=O)cc1. The van der Waals surface area contributed by atoms with Crippen molar-refractivity contribution in [1.29, 1.82) is 0 Å². The minimum absolute atomic E-state index is 0.0292. The molecule has 1 aliphatic carbocycles. The number of carbonyl (C=O) groups excluding carboxylic acids is 1. The zero-order valence-electron chi connectivity index (χ0n) is 12.9. The molecule has 2 N–H and O–H groups in total. The van der Waals surface area contributed by atoms with Crippen LogP contribution in [-0.4, -0.2) is 17.9 Å². The molecule has 2 fully saturated rings. The Labute approximate surface area is 126 Å². The van der Waals surface area contributed by atoms with E-state index < -0.39 is 5.54 Å². The number of carbonyl (C=O) groups is 1. The molecule has 0 bridgehead atoms. The highest BCUT2D eigenvalue weighted by molar-refractivity contribution is 6.09. The molecule has 1 saturated carbocycles. The van der Waals surface area contributed by atoms with Crippen molar-refractivity contribution in [2.45, 2.75) is 51.6 Å². The number of aliphatic imine (C=N–C) groups is 1. The lowest BCUT2D eigenvalue weighted by molar-refractivity contribution is -0.123. The van der Waals surface area contributed by atoms with Gasteiger partial charge in [0, 0.05) is 0 Å². The topological polar surface area (TPSA) is 53.5 Å². The Hall–Kier alpha value is -1.84. The first-order chi connectivity index (χ1) is 9.97. The zero-order chi connectivity index (χ0) is 15.0. The van der Waals surface area contributed by atoms with Crippen molar-refractivity contribution in [3.05, 3.63) is 35.4 Å². The minimum atomic E-state index is -0.718. The first-order valence-electron chi connectivity index (χ1n) is 7.74. The molecule has 0 radical (unpaired) electrons. The lowest BCUT2D eigenvalue weighted by atomic mass is 9.90. The summed E-state index contributed by atoms with van der Waals surface area (Å²) in [6.07, 6.45) is 3.31. The van der Waals surface area contributed by atoms with Gasteiger partial charge in [-0.1, -0.05) is 38.1 Å². The lowest BCUT2D eigenvalue weighted by Crippen LogP contribution is -2.40. The Morgan fingerprint density at radius 3 is 2.52 bits per heavy atom. The molecule has 1 aromatic rings. The Morgan fingerprint density at radius 1 is 1.29 bits per heavy atom. The van der Waals surface area contributed by atoms with E-state index in [1.165, 1.54) is 5.56 Å². The summed E-state index contributed by atoms with van der Waals surface area (Å²) in [5.74, 6) is 1.23. The molecule has 4 nitrogen and oxygen atoms in total. The molecule has 1 atom stereocenters. The van der Waals surface area contributed by atoms with E-state index in [2.05, 4.69) is 41.6 Å². The van der Waals surface area contributed by atoms with E-state index in [1.807, 2.05) is 19.1 Å². The smallest absolute Gasteiger partial charge is 0.256 e. The second-order valence-electron chi connectivity index (χ2n) is 6.71. The Bertz CT molecular complexity index is 572. The van der Waals surface area contributed by atoms with Crippen LogP contribution in [0.5, 0.6) is 0 Å². The number of hydrogen-bond donors (Lipinski definition) is 2. The van der Waals surface area contributed by atoms with Crippen LogP contribution in [0.15, 0.2) is 29.3 Å². The maximum atomic E-state index is 12.3. The van der Waals surface area contributed by atoms with Gasteiger partial charge in [-0.2, -0.15) is 0 Å². The van der Waals surface area contributed by atoms with Crippen LogP contribution in [0.2, 0.25) is 0 Å². The molecule has 112 valence electrons. The molecule has 1 aromatic carbocycles. The predicted molar refractivity (Wildman–Crippen MR) is 84.1 cm³/mol. The van der Waals surface area contributed by atoms with E-state index in [0.717, 1.165) is 24.8 Å². The second-order valence-corrected chi connectivity index (χ2v) is 6.71. The number of nitrogens with one attached hydrogen (secondary N) is 2. The van der Waals surface area contributed by atoms with Gasteiger partial charge in [-0.3, -0.25) is 10.1 Å². The molecule has 1 amide bonds. The maximum Gasteiger partial charge on any atom is 0.256 e. The summed E-state index contributed by atoms with van der Waals surface area (Å²) >= 11 is 0. The van der Waals surface area contributed by atoms with Crippen LogP contribution in [0.3, 0.4) is 0 Å². The van der Waals surface area contributed by atoms with Crippen LogP contribution in [0.1, 0.15) is 44.7 Å². The zero-order valence-corrected chi connectivity index (χ0v) is 12.9. The molecular formula is C17H23N3O. The van der Waals surface area contributed by atoms with Crippen molar-refractivity contribution in [1.82, 2.24) is 10.6 Å². The molecule has 2 aliphatic rings. The maximum absolute atomic E-state index is 12.3. The molecule has 0 aromatic heterocycles. The quantitative estimate of drug-likeness (QED) is 0.892. The van der Waals surface area contributed by atoms with Crippen molar-refractivity contribution >= 4 is 11.9 Å². The lowest BCUT2D eigenvalue weighted by Gasteiger charge is -2.22. The van der Waals surface area contributed by atoms with Crippen LogP contribution in [-0.2, 0) is 16.8 Å². The Balaban J connectivity index is 1.79. The van der Waals surface area contributed by atoms with Gasteiger partial charge in [-0.05, 0) is 43.2 Å². The number of nitrogens with zero attached hydrogens (tertiary/aromatic N) is 1. The summed E-state index contributed by atoms with van der Waals surface area (Å²) < 4.78 is 0. The van der Waals surface area contributed by atoms with Gasteiger partial charge in [0.15, 0.2) is 5.96 Å². The fourth-order valence-corrected chi connectivity index (χ4v) is 2.66. The first-order valence-corrected chi connectivity index (χ1v) is 7.74. The molecule has 1 heterocycles. The molecule has 1 aliphatic heterocycles. The largest absolute Gasteiger partial charge is 0.338 e. The van der Waals surface area contributed by atoms with Gasteiger partial charge in [0.25, 0.3) is 5.91 Å². The average molecular weight is 285 g/mol. The highest BCUT2D eigenvalue weighted by atomic mass is 16.2. The van der Waals surface area contributed by atoms with Crippen LogP contribution in [0.25, 0.3) is 0 Å². The van der Waals surface area contributed by atoms with Gasteiger partial charge in [0.2, 0.25) is 0 Å². The summed E-state index contributed by atoms with van der Waals surface area (Å²) in [6, 6.07) is 8.72. The van der Waals surface area contributed by atoms with Crippen molar-refractivity contribution < 1.29 is 4.79 Å². The fourth-order valence-electron chi connectivity index (χ4n) is 2.66. The molecule has 21 heavy (non-hydrogen) atoms. The molecular weight excluding hydrogens is 262 g/mol. The van der Waals surface area contributed by atoms with Crippen molar-refractivity contribution in [2.75, 3.05) is 0 Å². The third kappa shape index (κ3) is 2.94. The number of guanidine groups is 1. The van der Waals surface area contributed by atoms with Crippen LogP contribution in [0.4, 0.5) is 0 Å². The van der Waals surface area contributed by atoms with E-state index in [4.69, 9.17) is 0 Å². The van der Waals surface area contributed by atoms with E-state index in [-0.39, 0.29) is 5.91 Å². The molecule has 3 rings (SSSR count). The van der Waals surface area contributed by atoms with E-state index in [9.17, 15) is 4.79 Å². The summed E-state index contributed by atoms with van der Waals surface area (Å²) in [5.41, 5.74) is 1.57. The van der Waals surface area contributed by atoms with Crippen LogP contribution < -0.4 is 10.6 Å². The standard InChI is InChI=1S/C17H23N3O/c1-11(2)10-12-4-6-13(7-5-12)17(3)15(21)19-16(20-17)18-14-8-9-14/h4-7,11,14H,8-10H2,1-3H3,(H2,18,19,20,21). The van der Waals surface area contributed by atoms with Crippen molar-refractivity contribution in [3.63, 3.8) is 0 Å². The predicted octanol–water partition coefficient (Wildman–Crippen LogP) is 2.34. The number of hydrogen-bond acceptors (Lipinski definition) is 2. The second kappa shape index (κ2) is 5.17. The van der Waals surface area contributed by atoms with Gasteiger partial charge >= 0.3 is 0 Å². The minimum Gasteiger partial charge on any atom is -0.338 e. The molecule has 0 spiro atoms. The summed E-state index contributed by atoms with van der Waals surface area (Å²) in [6.45, 7) is 6.33.